The molecule has 5 nitrogen and oxygen atoms in total. The van der Waals surface area contributed by atoms with Gasteiger partial charge in [-0.2, -0.15) is 0 Å². The number of aliphatic hydroxyl groups excluding tert-OH is 1. The quantitative estimate of drug-likeness (QED) is 0.0373. The first-order chi connectivity index (χ1) is 38.6. The van der Waals surface area contributed by atoms with Gasteiger partial charge in [0.15, 0.2) is 6.10 Å². The van der Waals surface area contributed by atoms with Gasteiger partial charge in [-0.15, -0.1) is 0 Å². The molecule has 1 atom stereocenters. The molecular formula is C73H114O5. The topological polar surface area (TPSA) is 72.8 Å². The van der Waals surface area contributed by atoms with Crippen molar-refractivity contribution in [1.29, 1.82) is 0 Å². The Morgan fingerprint density at radius 3 is 0.769 bits per heavy atom. The Labute approximate surface area is 480 Å². The van der Waals surface area contributed by atoms with Crippen LogP contribution in [0.3, 0.4) is 0 Å². The maximum Gasteiger partial charge on any atom is 0.306 e. The van der Waals surface area contributed by atoms with E-state index in [1.165, 1.54) is 70.6 Å². The van der Waals surface area contributed by atoms with E-state index in [4.69, 9.17) is 9.47 Å². The highest BCUT2D eigenvalue weighted by molar-refractivity contribution is 5.70. The molecule has 0 aliphatic carbocycles. The van der Waals surface area contributed by atoms with Crippen molar-refractivity contribution in [2.75, 3.05) is 13.2 Å². The van der Waals surface area contributed by atoms with Crippen molar-refractivity contribution in [2.24, 2.45) is 0 Å². The van der Waals surface area contributed by atoms with Gasteiger partial charge in [0.25, 0.3) is 0 Å². The van der Waals surface area contributed by atoms with Gasteiger partial charge in [0.1, 0.15) is 6.61 Å². The van der Waals surface area contributed by atoms with Crippen molar-refractivity contribution in [3.05, 3.63) is 182 Å². The molecule has 78 heavy (non-hydrogen) atoms. The van der Waals surface area contributed by atoms with Crippen LogP contribution >= 0.6 is 0 Å². The number of allylic oxidation sites excluding steroid dienone is 30. The van der Waals surface area contributed by atoms with Crippen molar-refractivity contribution < 1.29 is 24.2 Å². The van der Waals surface area contributed by atoms with Crippen LogP contribution in [0, 0.1) is 0 Å². The molecule has 0 fully saturated rings. The largest absolute Gasteiger partial charge is 0.462 e. The lowest BCUT2D eigenvalue weighted by molar-refractivity contribution is -0.161. The van der Waals surface area contributed by atoms with Gasteiger partial charge in [0, 0.05) is 12.8 Å². The summed E-state index contributed by atoms with van der Waals surface area (Å²) >= 11 is 0. The minimum Gasteiger partial charge on any atom is -0.462 e. The average Bonchev–Trinajstić information content (AvgIpc) is 3.44. The second-order valence-electron chi connectivity index (χ2n) is 20.0. The van der Waals surface area contributed by atoms with Gasteiger partial charge in [0.05, 0.1) is 6.61 Å². The summed E-state index contributed by atoms with van der Waals surface area (Å²) in [7, 11) is 0. The molecule has 0 bridgehead atoms. The molecule has 0 heterocycles. The van der Waals surface area contributed by atoms with E-state index in [1.807, 2.05) is 0 Å². The molecule has 0 aromatic rings. The first kappa shape index (κ1) is 73.0. The zero-order valence-electron chi connectivity index (χ0n) is 49.8. The molecule has 5 heteroatoms. The Bertz CT molecular complexity index is 1780. The summed E-state index contributed by atoms with van der Waals surface area (Å²) in [6, 6.07) is 0. The minimum absolute atomic E-state index is 0.0844. The van der Waals surface area contributed by atoms with Crippen molar-refractivity contribution in [3.63, 3.8) is 0 Å². The van der Waals surface area contributed by atoms with Gasteiger partial charge in [-0.1, -0.05) is 280 Å². The van der Waals surface area contributed by atoms with E-state index in [9.17, 15) is 14.7 Å². The smallest absolute Gasteiger partial charge is 0.306 e. The standard InChI is InChI=1S/C73H114O5/c1-3-5-7-9-11-13-15-17-19-21-23-25-27-29-31-33-35-36-38-40-42-44-46-48-50-52-54-56-58-60-62-64-66-68-73(76)78-71(69-74)70-77-72(75)67-65-63-61-59-57-55-53-51-49-47-45-43-41-39-37-34-32-30-28-26-24-22-20-18-16-14-12-10-8-6-4-2/h5-8,11-14,17-20,23-26,29-32,35-37,39-40,42-43,45-46,48,71,74H,3-4,9-10,15-16,21-22,27-28,33-34,38,41,44,47,49-70H2,1-2H3/b7-5-,8-6-,13-11-,14-12-,19-17-,20-18-,25-23-,26-24-,31-29-,32-30-,36-35-,39-37-,42-40-,45-43-,48-46-. The number of hydrogen-bond acceptors (Lipinski definition) is 5. The monoisotopic (exact) mass is 1070 g/mol. The summed E-state index contributed by atoms with van der Waals surface area (Å²) < 4.78 is 10.7. The van der Waals surface area contributed by atoms with Gasteiger partial charge >= 0.3 is 11.9 Å². The van der Waals surface area contributed by atoms with E-state index in [0.29, 0.717) is 12.8 Å². The second kappa shape index (κ2) is 66.3. The van der Waals surface area contributed by atoms with Gasteiger partial charge in [-0.05, 0) is 135 Å². The molecule has 0 spiro atoms. The third-order valence-electron chi connectivity index (χ3n) is 12.7. The Hall–Kier alpha value is -5.00. The van der Waals surface area contributed by atoms with Crippen molar-refractivity contribution in [1.82, 2.24) is 0 Å². The van der Waals surface area contributed by atoms with Crippen molar-refractivity contribution >= 4 is 11.9 Å². The summed E-state index contributed by atoms with van der Waals surface area (Å²) in [4.78, 5) is 24.6. The first-order valence-electron chi connectivity index (χ1n) is 31.3. The zero-order valence-corrected chi connectivity index (χ0v) is 49.8. The fourth-order valence-electron chi connectivity index (χ4n) is 8.08. The number of carbonyl (C=O) groups is 2. The Morgan fingerprint density at radius 1 is 0.295 bits per heavy atom. The highest BCUT2D eigenvalue weighted by Crippen LogP contribution is 2.14. The fraction of sp³-hybridized carbons (Fsp3) is 0.562. The van der Waals surface area contributed by atoms with E-state index in [0.717, 1.165) is 148 Å². The molecule has 1 unspecified atom stereocenters. The van der Waals surface area contributed by atoms with E-state index >= 15 is 0 Å². The third kappa shape index (κ3) is 63.5. The molecule has 0 aliphatic rings. The lowest BCUT2D eigenvalue weighted by atomic mass is 10.1. The van der Waals surface area contributed by atoms with E-state index < -0.39 is 6.10 Å². The molecule has 0 saturated heterocycles. The summed E-state index contributed by atoms with van der Waals surface area (Å²) in [6.07, 6.45) is 104. The van der Waals surface area contributed by atoms with E-state index in [2.05, 4.69) is 196 Å². The highest BCUT2D eigenvalue weighted by atomic mass is 16.6. The lowest BCUT2D eigenvalue weighted by Gasteiger charge is -2.15. The zero-order chi connectivity index (χ0) is 56.2. The molecular weight excluding hydrogens is 957 g/mol. The molecule has 0 aromatic carbocycles. The fourth-order valence-corrected chi connectivity index (χ4v) is 8.08. The van der Waals surface area contributed by atoms with Crippen LogP contribution in [0.5, 0.6) is 0 Å². The van der Waals surface area contributed by atoms with Crippen LogP contribution < -0.4 is 0 Å². The number of unbranched alkanes of at least 4 members (excludes halogenated alkanes) is 17. The predicted octanol–water partition coefficient (Wildman–Crippen LogP) is 21.9. The van der Waals surface area contributed by atoms with E-state index in [1.54, 1.807) is 0 Å². The van der Waals surface area contributed by atoms with E-state index in [-0.39, 0.29) is 25.2 Å². The van der Waals surface area contributed by atoms with Crippen LogP contribution in [0.4, 0.5) is 0 Å². The number of esters is 2. The van der Waals surface area contributed by atoms with Crippen LogP contribution in [0.15, 0.2) is 182 Å². The molecule has 0 amide bonds. The van der Waals surface area contributed by atoms with Crippen LogP contribution in [-0.2, 0) is 19.1 Å². The van der Waals surface area contributed by atoms with Crippen molar-refractivity contribution in [3.8, 4) is 0 Å². The summed E-state index contributed by atoms with van der Waals surface area (Å²) in [5.74, 6) is -0.619. The lowest BCUT2D eigenvalue weighted by Crippen LogP contribution is -2.28. The van der Waals surface area contributed by atoms with Gasteiger partial charge in [-0.25, -0.2) is 0 Å². The maximum atomic E-state index is 12.3. The van der Waals surface area contributed by atoms with Crippen LogP contribution in [0.2, 0.25) is 0 Å². The summed E-state index contributed by atoms with van der Waals surface area (Å²) in [6.45, 7) is 3.89. The molecule has 436 valence electrons. The number of rotatable bonds is 55. The Kier molecular flexibility index (Phi) is 62.0. The SMILES string of the molecule is CC/C=C\C/C=C\C/C=C\C/C=C\C/C=C\C/C=C\C/C=C\C/C=C\CCCCCCCCCCC(=O)OC(CO)COC(=O)CCCCCCCCCCC/C=C\C/C=C\C/C=C\C/C=C\C/C=C\C/C=C\C/C=C\CC. The van der Waals surface area contributed by atoms with Gasteiger partial charge in [-0.3, -0.25) is 9.59 Å². The Morgan fingerprint density at radius 2 is 0.513 bits per heavy atom. The third-order valence-corrected chi connectivity index (χ3v) is 12.7. The first-order valence-corrected chi connectivity index (χ1v) is 31.3. The molecule has 0 saturated carbocycles. The summed E-state index contributed by atoms with van der Waals surface area (Å²) in [5.41, 5.74) is 0. The molecule has 0 aliphatic heterocycles. The normalized spacial score (nSPS) is 13.5. The van der Waals surface area contributed by atoms with Crippen molar-refractivity contribution in [2.45, 2.75) is 251 Å². The molecule has 0 radical (unpaired) electrons. The van der Waals surface area contributed by atoms with Gasteiger partial charge < -0.3 is 14.6 Å². The molecule has 1 N–H and O–H groups in total. The van der Waals surface area contributed by atoms with Crippen LogP contribution in [0.1, 0.15) is 245 Å². The number of carbonyl (C=O) groups excluding carboxylic acids is 2. The number of ether oxygens (including phenoxy) is 2. The molecule has 0 rings (SSSR count). The predicted molar refractivity (Wildman–Crippen MR) is 343 cm³/mol. The Balaban J connectivity index is 3.61. The average molecular weight is 1070 g/mol. The maximum absolute atomic E-state index is 12.3. The highest BCUT2D eigenvalue weighted by Gasteiger charge is 2.16. The molecule has 0 aromatic heterocycles. The van der Waals surface area contributed by atoms with Crippen LogP contribution in [0.25, 0.3) is 0 Å². The number of hydrogen-bond donors (Lipinski definition) is 1. The van der Waals surface area contributed by atoms with Gasteiger partial charge in [0.2, 0.25) is 0 Å². The number of aliphatic hydroxyl groups is 1. The summed E-state index contributed by atoms with van der Waals surface area (Å²) in [5, 5.41) is 9.68. The minimum atomic E-state index is -0.795. The van der Waals surface area contributed by atoms with Crippen LogP contribution in [-0.4, -0.2) is 36.4 Å². The second-order valence-corrected chi connectivity index (χ2v) is 20.0.